The van der Waals surface area contributed by atoms with Gasteiger partial charge in [0.15, 0.2) is 0 Å². The van der Waals surface area contributed by atoms with Crippen molar-refractivity contribution in [1.29, 1.82) is 0 Å². The largest absolute Gasteiger partial charge is 0.255 e. The molecule has 0 spiro atoms. The quantitative estimate of drug-likeness (QED) is 0.468. The van der Waals surface area contributed by atoms with Crippen LogP contribution in [0, 0.1) is 0 Å². The van der Waals surface area contributed by atoms with Gasteiger partial charge in [-0.1, -0.05) is 48.5 Å². The minimum Gasteiger partial charge on any atom is -0.255 e. The van der Waals surface area contributed by atoms with Crippen molar-refractivity contribution in [1.82, 2.24) is 0 Å². The third-order valence-electron chi connectivity index (χ3n) is 3.80. The lowest BCUT2D eigenvalue weighted by atomic mass is 9.94. The SMILES string of the molecule is C[S@](=O)c1ccc2ccc3cccc4ccc1c2c34. The Kier molecular flexibility index (Phi) is 2.18. The second kappa shape index (κ2) is 3.78. The van der Waals surface area contributed by atoms with Crippen LogP contribution >= 0.6 is 0 Å². The molecule has 0 radical (unpaired) electrons. The standard InChI is InChI=1S/C17H12OS/c1-19(18)15-10-8-13-6-5-11-3-2-4-12-7-9-14(15)17(13)16(11)12/h2-10H,1H3/t19-/m0/s1. The van der Waals surface area contributed by atoms with E-state index in [2.05, 4.69) is 48.5 Å². The summed E-state index contributed by atoms with van der Waals surface area (Å²) in [6, 6.07) is 18.9. The molecule has 0 N–H and O–H groups in total. The molecule has 0 unspecified atom stereocenters. The predicted molar refractivity (Wildman–Crippen MR) is 82.5 cm³/mol. The Labute approximate surface area is 113 Å². The Morgan fingerprint density at radius 3 is 2.00 bits per heavy atom. The van der Waals surface area contributed by atoms with Crippen LogP contribution in [0.4, 0.5) is 0 Å². The Morgan fingerprint density at radius 2 is 1.32 bits per heavy atom. The van der Waals surface area contributed by atoms with Crippen LogP contribution in [0.5, 0.6) is 0 Å². The van der Waals surface area contributed by atoms with Gasteiger partial charge in [-0.25, -0.2) is 0 Å². The van der Waals surface area contributed by atoms with E-state index in [4.69, 9.17) is 0 Å². The summed E-state index contributed by atoms with van der Waals surface area (Å²) < 4.78 is 11.9. The number of rotatable bonds is 1. The van der Waals surface area contributed by atoms with Gasteiger partial charge in [-0.3, -0.25) is 4.21 Å². The molecule has 0 heterocycles. The van der Waals surface area contributed by atoms with Crippen molar-refractivity contribution in [2.45, 2.75) is 4.90 Å². The van der Waals surface area contributed by atoms with E-state index >= 15 is 0 Å². The first-order chi connectivity index (χ1) is 9.25. The summed E-state index contributed by atoms with van der Waals surface area (Å²) in [6.45, 7) is 0. The lowest BCUT2D eigenvalue weighted by Crippen LogP contribution is -1.91. The second-order valence-corrected chi connectivity index (χ2v) is 6.22. The third-order valence-corrected chi connectivity index (χ3v) is 4.77. The first kappa shape index (κ1) is 10.9. The van der Waals surface area contributed by atoms with E-state index in [-0.39, 0.29) is 0 Å². The van der Waals surface area contributed by atoms with Gasteiger partial charge in [-0.15, -0.1) is 0 Å². The summed E-state index contributed by atoms with van der Waals surface area (Å²) in [5.41, 5.74) is 0. The van der Waals surface area contributed by atoms with Crippen LogP contribution in [-0.4, -0.2) is 10.5 Å². The van der Waals surface area contributed by atoms with Gasteiger partial charge in [-0.2, -0.15) is 0 Å². The van der Waals surface area contributed by atoms with E-state index in [0.29, 0.717) is 0 Å². The van der Waals surface area contributed by atoms with Gasteiger partial charge in [0.1, 0.15) is 0 Å². The maximum atomic E-state index is 11.9. The molecule has 92 valence electrons. The van der Waals surface area contributed by atoms with Crippen molar-refractivity contribution >= 4 is 43.1 Å². The van der Waals surface area contributed by atoms with Crippen LogP contribution in [-0.2, 0) is 10.8 Å². The fourth-order valence-electron chi connectivity index (χ4n) is 2.96. The van der Waals surface area contributed by atoms with Crippen LogP contribution < -0.4 is 0 Å². The van der Waals surface area contributed by atoms with Gasteiger partial charge in [0.05, 0.1) is 10.8 Å². The van der Waals surface area contributed by atoms with Crippen molar-refractivity contribution in [2.75, 3.05) is 6.26 Å². The zero-order valence-electron chi connectivity index (χ0n) is 10.5. The number of benzene rings is 4. The van der Waals surface area contributed by atoms with Crippen molar-refractivity contribution in [3.05, 3.63) is 54.6 Å². The zero-order valence-corrected chi connectivity index (χ0v) is 11.3. The highest BCUT2D eigenvalue weighted by atomic mass is 32.2. The highest BCUT2D eigenvalue weighted by Crippen LogP contribution is 2.36. The monoisotopic (exact) mass is 264 g/mol. The molecule has 1 nitrogen and oxygen atoms in total. The fourth-order valence-corrected chi connectivity index (χ4v) is 3.70. The summed E-state index contributed by atoms with van der Waals surface area (Å²) in [5, 5.41) is 7.34. The molecule has 0 aliphatic carbocycles. The summed E-state index contributed by atoms with van der Waals surface area (Å²) in [7, 11) is -0.961. The molecule has 0 fully saturated rings. The van der Waals surface area contributed by atoms with E-state index in [1.54, 1.807) is 6.26 Å². The summed E-state index contributed by atoms with van der Waals surface area (Å²) >= 11 is 0. The molecule has 0 aliphatic rings. The van der Waals surface area contributed by atoms with E-state index in [0.717, 1.165) is 10.3 Å². The van der Waals surface area contributed by atoms with Crippen LogP contribution in [0.1, 0.15) is 0 Å². The molecule has 2 heteroatoms. The normalized spacial score (nSPS) is 13.5. The maximum absolute atomic E-state index is 11.9. The van der Waals surface area contributed by atoms with Gasteiger partial charge in [0.25, 0.3) is 0 Å². The van der Waals surface area contributed by atoms with Gasteiger partial charge < -0.3 is 0 Å². The fraction of sp³-hybridized carbons (Fsp3) is 0.0588. The molecular formula is C17H12OS. The maximum Gasteiger partial charge on any atom is 0.0504 e. The van der Waals surface area contributed by atoms with E-state index in [1.807, 2.05) is 6.07 Å². The number of hydrogen-bond donors (Lipinski definition) is 0. The summed E-state index contributed by atoms with van der Waals surface area (Å²) in [4.78, 5) is 0.922. The lowest BCUT2D eigenvalue weighted by Gasteiger charge is -2.12. The first-order valence-corrected chi connectivity index (χ1v) is 7.81. The van der Waals surface area contributed by atoms with Gasteiger partial charge >= 0.3 is 0 Å². The Hall–Kier alpha value is -1.93. The Morgan fingerprint density at radius 1 is 0.737 bits per heavy atom. The van der Waals surface area contributed by atoms with Crippen LogP contribution in [0.25, 0.3) is 32.3 Å². The molecule has 4 rings (SSSR count). The molecule has 0 saturated heterocycles. The average Bonchev–Trinajstić information content (AvgIpc) is 2.44. The number of hydrogen-bond acceptors (Lipinski definition) is 1. The zero-order chi connectivity index (χ0) is 13.0. The van der Waals surface area contributed by atoms with Gasteiger partial charge in [0, 0.05) is 11.2 Å². The Balaban J connectivity index is 2.38. The molecule has 0 bridgehead atoms. The first-order valence-electron chi connectivity index (χ1n) is 6.26. The smallest absolute Gasteiger partial charge is 0.0504 e. The molecule has 19 heavy (non-hydrogen) atoms. The van der Waals surface area contributed by atoms with Crippen molar-refractivity contribution in [3.8, 4) is 0 Å². The highest BCUT2D eigenvalue weighted by Gasteiger charge is 2.11. The van der Waals surface area contributed by atoms with Crippen molar-refractivity contribution in [2.24, 2.45) is 0 Å². The van der Waals surface area contributed by atoms with Gasteiger partial charge in [0.2, 0.25) is 0 Å². The summed E-state index contributed by atoms with van der Waals surface area (Å²) in [6.07, 6.45) is 1.74. The van der Waals surface area contributed by atoms with E-state index in [1.165, 1.54) is 26.9 Å². The van der Waals surface area contributed by atoms with Crippen LogP contribution in [0.2, 0.25) is 0 Å². The lowest BCUT2D eigenvalue weighted by molar-refractivity contribution is 0.687. The molecule has 4 aromatic rings. The van der Waals surface area contributed by atoms with Crippen molar-refractivity contribution < 1.29 is 4.21 Å². The molecule has 0 aliphatic heterocycles. The molecule has 4 aromatic carbocycles. The van der Waals surface area contributed by atoms with Gasteiger partial charge in [-0.05, 0) is 38.4 Å². The topological polar surface area (TPSA) is 17.1 Å². The van der Waals surface area contributed by atoms with Crippen LogP contribution in [0.15, 0.2) is 59.5 Å². The van der Waals surface area contributed by atoms with Crippen molar-refractivity contribution in [3.63, 3.8) is 0 Å². The average molecular weight is 264 g/mol. The Bertz CT molecular complexity index is 924. The third kappa shape index (κ3) is 1.44. The molecular weight excluding hydrogens is 252 g/mol. The van der Waals surface area contributed by atoms with E-state index in [9.17, 15) is 4.21 Å². The molecule has 1 atom stereocenters. The molecule has 0 saturated carbocycles. The molecule has 0 amide bonds. The minimum absolute atomic E-state index is 0.922. The second-order valence-electron chi connectivity index (χ2n) is 4.87. The highest BCUT2D eigenvalue weighted by molar-refractivity contribution is 7.84. The molecule has 0 aromatic heterocycles. The van der Waals surface area contributed by atoms with E-state index < -0.39 is 10.8 Å². The predicted octanol–water partition coefficient (Wildman–Crippen LogP) is 4.32. The van der Waals surface area contributed by atoms with Crippen LogP contribution in [0.3, 0.4) is 0 Å². The minimum atomic E-state index is -0.961. The summed E-state index contributed by atoms with van der Waals surface area (Å²) in [5.74, 6) is 0.